The Labute approximate surface area is 64.3 Å². The van der Waals surface area contributed by atoms with E-state index in [1.807, 2.05) is 0 Å². The zero-order valence-electron chi connectivity index (χ0n) is 4.74. The Morgan fingerprint density at radius 2 is 1.90 bits per heavy atom. The van der Waals surface area contributed by atoms with Crippen molar-refractivity contribution >= 4 is 15.9 Å². The maximum absolute atomic E-state index is 12.2. The molecule has 0 amide bonds. The topological polar surface area (TPSA) is 44.4 Å². The number of hydrogen-bond acceptors (Lipinski definition) is 1. The molecule has 0 unspecified atom stereocenters. The highest BCUT2D eigenvalue weighted by atomic mass is 79.9. The first-order valence-electron chi connectivity index (χ1n) is 2.17. The highest BCUT2D eigenvalue weighted by Crippen LogP contribution is 2.11. The standard InChI is InChI=1S/C5H2BrF2N.H2O/c6-3-1-2-4(7)9-5(3)8;/h1-2H;1H2. The Kier molecular flexibility index (Phi) is 3.38. The van der Waals surface area contributed by atoms with E-state index in [-0.39, 0.29) is 9.95 Å². The first kappa shape index (κ1) is 9.45. The molecule has 1 aromatic rings. The van der Waals surface area contributed by atoms with E-state index in [1.165, 1.54) is 6.07 Å². The van der Waals surface area contributed by atoms with Gasteiger partial charge in [-0.15, -0.1) is 0 Å². The predicted octanol–water partition coefficient (Wildman–Crippen LogP) is 1.30. The summed E-state index contributed by atoms with van der Waals surface area (Å²) in [5.74, 6) is -1.63. The van der Waals surface area contributed by atoms with E-state index >= 15 is 0 Å². The molecule has 0 atom stereocenters. The Balaban J connectivity index is 0.000000810. The molecule has 0 aliphatic rings. The van der Waals surface area contributed by atoms with Gasteiger partial charge in [-0.1, -0.05) is 0 Å². The molecule has 0 aliphatic carbocycles. The fraction of sp³-hybridized carbons (Fsp3) is 0. The largest absolute Gasteiger partial charge is 0.412 e. The lowest BCUT2D eigenvalue weighted by Crippen LogP contribution is -1.86. The Bertz CT molecular complexity index is 231. The third-order valence-corrected chi connectivity index (χ3v) is 1.36. The van der Waals surface area contributed by atoms with E-state index in [1.54, 1.807) is 0 Å². The highest BCUT2D eigenvalue weighted by Gasteiger charge is 1.99. The fourth-order valence-electron chi connectivity index (χ4n) is 0.395. The molecule has 1 aromatic heterocycles. The minimum absolute atomic E-state index is 0. The van der Waals surface area contributed by atoms with Gasteiger partial charge in [0.15, 0.2) is 0 Å². The van der Waals surface area contributed by atoms with Crippen LogP contribution in [0.1, 0.15) is 0 Å². The monoisotopic (exact) mass is 211 g/mol. The van der Waals surface area contributed by atoms with Gasteiger partial charge in [0.25, 0.3) is 0 Å². The second kappa shape index (κ2) is 3.58. The smallest absolute Gasteiger partial charge is 0.229 e. The summed E-state index contributed by atoms with van der Waals surface area (Å²) in [6.07, 6.45) is 0. The van der Waals surface area contributed by atoms with E-state index in [9.17, 15) is 8.78 Å². The molecule has 1 rings (SSSR count). The molecule has 0 fully saturated rings. The van der Waals surface area contributed by atoms with E-state index < -0.39 is 11.9 Å². The number of nitrogens with zero attached hydrogens (tertiary/aromatic N) is 1. The van der Waals surface area contributed by atoms with Gasteiger partial charge < -0.3 is 5.48 Å². The summed E-state index contributed by atoms with van der Waals surface area (Å²) < 4.78 is 24.3. The molecule has 0 aliphatic heterocycles. The van der Waals surface area contributed by atoms with Crippen LogP contribution in [0.2, 0.25) is 0 Å². The quantitative estimate of drug-likeness (QED) is 0.597. The second-order valence-electron chi connectivity index (χ2n) is 1.41. The van der Waals surface area contributed by atoms with Gasteiger partial charge >= 0.3 is 0 Å². The van der Waals surface area contributed by atoms with Gasteiger partial charge in [-0.05, 0) is 28.1 Å². The van der Waals surface area contributed by atoms with Gasteiger partial charge in [0.05, 0.1) is 4.47 Å². The van der Waals surface area contributed by atoms with Crippen molar-refractivity contribution in [2.24, 2.45) is 0 Å². The highest BCUT2D eigenvalue weighted by molar-refractivity contribution is 9.10. The SMILES string of the molecule is Fc1ccc(Br)c(F)n1.O. The van der Waals surface area contributed by atoms with Crippen LogP contribution in [0, 0.1) is 11.9 Å². The molecular formula is C5H4BrF2NO. The molecular weight excluding hydrogens is 208 g/mol. The van der Waals surface area contributed by atoms with Crippen molar-refractivity contribution in [1.82, 2.24) is 4.98 Å². The summed E-state index contributed by atoms with van der Waals surface area (Å²) in [5.41, 5.74) is 0. The zero-order chi connectivity index (χ0) is 6.85. The van der Waals surface area contributed by atoms with Crippen LogP contribution in [0.15, 0.2) is 16.6 Å². The average Bonchev–Trinajstić information content (AvgIpc) is 1.80. The summed E-state index contributed by atoms with van der Waals surface area (Å²) in [4.78, 5) is 2.89. The lowest BCUT2D eigenvalue weighted by Gasteiger charge is -1.89. The number of aromatic nitrogens is 1. The number of rotatable bonds is 0. The van der Waals surface area contributed by atoms with Crippen molar-refractivity contribution in [1.29, 1.82) is 0 Å². The average molecular weight is 212 g/mol. The number of pyridine rings is 1. The third-order valence-electron chi connectivity index (χ3n) is 0.769. The summed E-state index contributed by atoms with van der Waals surface area (Å²) >= 11 is 2.83. The molecule has 0 radical (unpaired) electrons. The molecule has 2 N–H and O–H groups in total. The maximum Gasteiger partial charge on any atom is 0.229 e. The molecule has 0 bridgehead atoms. The molecule has 0 saturated heterocycles. The van der Waals surface area contributed by atoms with Gasteiger partial charge in [-0.3, -0.25) is 0 Å². The second-order valence-corrected chi connectivity index (χ2v) is 2.26. The summed E-state index contributed by atoms with van der Waals surface area (Å²) in [5, 5.41) is 0. The van der Waals surface area contributed by atoms with Gasteiger partial charge in [-0.2, -0.15) is 13.8 Å². The van der Waals surface area contributed by atoms with Crippen LogP contribution in [-0.4, -0.2) is 10.5 Å². The summed E-state index contributed by atoms with van der Waals surface area (Å²) in [7, 11) is 0. The van der Waals surface area contributed by atoms with Gasteiger partial charge in [0, 0.05) is 0 Å². The van der Waals surface area contributed by atoms with Crippen molar-refractivity contribution in [3.63, 3.8) is 0 Å². The van der Waals surface area contributed by atoms with Crippen LogP contribution < -0.4 is 0 Å². The molecule has 0 saturated carbocycles. The fourth-order valence-corrected chi connectivity index (χ4v) is 0.616. The molecule has 10 heavy (non-hydrogen) atoms. The van der Waals surface area contributed by atoms with Crippen LogP contribution in [0.4, 0.5) is 8.78 Å². The van der Waals surface area contributed by atoms with Crippen LogP contribution in [-0.2, 0) is 0 Å². The minimum atomic E-state index is -0.824. The summed E-state index contributed by atoms with van der Waals surface area (Å²) in [6, 6.07) is 2.34. The lowest BCUT2D eigenvalue weighted by molar-refractivity contribution is 0.508. The van der Waals surface area contributed by atoms with E-state index in [4.69, 9.17) is 0 Å². The van der Waals surface area contributed by atoms with E-state index in [0.717, 1.165) is 6.07 Å². The van der Waals surface area contributed by atoms with Crippen LogP contribution in [0.5, 0.6) is 0 Å². The minimum Gasteiger partial charge on any atom is -0.412 e. The molecule has 0 aromatic carbocycles. The van der Waals surface area contributed by atoms with E-state index in [2.05, 4.69) is 20.9 Å². The Morgan fingerprint density at radius 1 is 1.30 bits per heavy atom. The van der Waals surface area contributed by atoms with E-state index in [0.29, 0.717) is 0 Å². The maximum atomic E-state index is 12.2. The Hall–Kier alpha value is -0.550. The van der Waals surface area contributed by atoms with Crippen LogP contribution in [0.25, 0.3) is 0 Å². The van der Waals surface area contributed by atoms with Crippen molar-refractivity contribution in [3.8, 4) is 0 Å². The van der Waals surface area contributed by atoms with Gasteiger partial charge in [-0.25, -0.2) is 0 Å². The third kappa shape index (κ3) is 2.00. The molecule has 0 spiro atoms. The van der Waals surface area contributed by atoms with Gasteiger partial charge in [0.2, 0.25) is 11.9 Å². The summed E-state index contributed by atoms with van der Waals surface area (Å²) in [6.45, 7) is 0. The van der Waals surface area contributed by atoms with Crippen LogP contribution in [0.3, 0.4) is 0 Å². The zero-order valence-corrected chi connectivity index (χ0v) is 6.32. The predicted molar refractivity (Wildman–Crippen MR) is 35.5 cm³/mol. The van der Waals surface area contributed by atoms with Gasteiger partial charge in [0.1, 0.15) is 0 Å². The van der Waals surface area contributed by atoms with Crippen molar-refractivity contribution < 1.29 is 14.3 Å². The molecule has 5 heteroatoms. The van der Waals surface area contributed by atoms with Crippen LogP contribution >= 0.6 is 15.9 Å². The lowest BCUT2D eigenvalue weighted by atomic mass is 10.5. The first-order valence-corrected chi connectivity index (χ1v) is 2.97. The number of hydrogen-bond donors (Lipinski definition) is 0. The first-order chi connectivity index (χ1) is 4.20. The molecule has 2 nitrogen and oxygen atoms in total. The Morgan fingerprint density at radius 3 is 2.30 bits per heavy atom. The molecule has 56 valence electrons. The van der Waals surface area contributed by atoms with Crippen molar-refractivity contribution in [3.05, 3.63) is 28.5 Å². The van der Waals surface area contributed by atoms with Crippen molar-refractivity contribution in [2.45, 2.75) is 0 Å². The van der Waals surface area contributed by atoms with Crippen molar-refractivity contribution in [2.75, 3.05) is 0 Å². The number of halogens is 3. The normalized spacial score (nSPS) is 8.70. The molecule has 1 heterocycles.